The highest BCUT2D eigenvalue weighted by atomic mass is 35.5. The van der Waals surface area contributed by atoms with Crippen LogP contribution < -0.4 is 0 Å². The maximum atomic E-state index is 9.58. The van der Waals surface area contributed by atoms with E-state index < -0.39 is 0 Å². The molecule has 102 valence electrons. The summed E-state index contributed by atoms with van der Waals surface area (Å²) in [5, 5.41) is 14.5. The van der Waals surface area contributed by atoms with Gasteiger partial charge in [0.1, 0.15) is 0 Å². The number of aliphatic hydroxyl groups is 1. The summed E-state index contributed by atoms with van der Waals surface area (Å²) >= 11 is 11.9. The van der Waals surface area contributed by atoms with Gasteiger partial charge in [0, 0.05) is 15.6 Å². The number of furan rings is 1. The Bertz CT molecular complexity index is 715. The first kappa shape index (κ1) is 13.2. The molecular weight excluding hydrogens is 301 g/mol. The first-order valence-electron chi connectivity index (χ1n) is 5.79. The van der Waals surface area contributed by atoms with Crippen molar-refractivity contribution in [1.82, 2.24) is 5.16 Å². The van der Waals surface area contributed by atoms with Crippen LogP contribution in [0.2, 0.25) is 10.0 Å². The van der Waals surface area contributed by atoms with Gasteiger partial charge in [0.05, 0.1) is 18.4 Å². The standard InChI is InChI=1S/C14H9Cl2NO3/c15-9-4-8(5-10(16)6-9)14-11(7-18)13(17-20-14)12-2-1-3-19-12/h1-6,18H,7H2. The van der Waals surface area contributed by atoms with E-state index >= 15 is 0 Å². The van der Waals surface area contributed by atoms with E-state index in [1.54, 1.807) is 30.3 Å². The van der Waals surface area contributed by atoms with Gasteiger partial charge in [-0.05, 0) is 30.3 Å². The number of nitrogens with zero attached hydrogens (tertiary/aromatic N) is 1. The molecule has 0 aliphatic rings. The molecule has 3 aromatic rings. The molecule has 6 heteroatoms. The third-order valence-electron chi connectivity index (χ3n) is 2.83. The summed E-state index contributed by atoms with van der Waals surface area (Å²) in [4.78, 5) is 0. The van der Waals surface area contributed by atoms with Gasteiger partial charge in [-0.25, -0.2) is 0 Å². The van der Waals surface area contributed by atoms with Crippen LogP contribution in [0.3, 0.4) is 0 Å². The molecule has 0 saturated carbocycles. The van der Waals surface area contributed by atoms with Gasteiger partial charge < -0.3 is 14.0 Å². The molecule has 0 aliphatic heterocycles. The van der Waals surface area contributed by atoms with Crippen LogP contribution in [0.4, 0.5) is 0 Å². The number of aliphatic hydroxyl groups excluding tert-OH is 1. The third kappa shape index (κ3) is 2.33. The number of rotatable bonds is 3. The van der Waals surface area contributed by atoms with Crippen molar-refractivity contribution in [3.63, 3.8) is 0 Å². The fourth-order valence-electron chi connectivity index (χ4n) is 1.97. The highest BCUT2D eigenvalue weighted by Gasteiger charge is 2.20. The first-order chi connectivity index (χ1) is 9.69. The highest BCUT2D eigenvalue weighted by Crippen LogP contribution is 2.34. The molecule has 1 aromatic carbocycles. The predicted octanol–water partition coefficient (Wildman–Crippen LogP) is 4.40. The molecule has 0 spiro atoms. The van der Waals surface area contributed by atoms with Gasteiger partial charge in [0.25, 0.3) is 0 Å². The maximum Gasteiger partial charge on any atom is 0.173 e. The average Bonchev–Trinajstić information content (AvgIpc) is 3.06. The molecular formula is C14H9Cl2NO3. The largest absolute Gasteiger partial charge is 0.463 e. The summed E-state index contributed by atoms with van der Waals surface area (Å²) in [6.07, 6.45) is 1.53. The quantitative estimate of drug-likeness (QED) is 0.779. The van der Waals surface area contributed by atoms with Gasteiger partial charge >= 0.3 is 0 Å². The Balaban J connectivity index is 2.15. The highest BCUT2D eigenvalue weighted by molar-refractivity contribution is 6.35. The second-order valence-corrected chi connectivity index (χ2v) is 5.01. The molecule has 3 rings (SSSR count). The Hall–Kier alpha value is -1.75. The number of hydrogen-bond donors (Lipinski definition) is 1. The number of hydrogen-bond acceptors (Lipinski definition) is 4. The van der Waals surface area contributed by atoms with Crippen LogP contribution in [-0.2, 0) is 6.61 Å². The first-order valence-corrected chi connectivity index (χ1v) is 6.54. The van der Waals surface area contributed by atoms with E-state index in [4.69, 9.17) is 32.1 Å². The summed E-state index contributed by atoms with van der Waals surface area (Å²) in [5.74, 6) is 0.945. The van der Waals surface area contributed by atoms with Crippen molar-refractivity contribution in [2.75, 3.05) is 0 Å². The fourth-order valence-corrected chi connectivity index (χ4v) is 2.50. The van der Waals surface area contributed by atoms with E-state index in [-0.39, 0.29) is 6.61 Å². The molecule has 2 aromatic heterocycles. The molecule has 0 fully saturated rings. The van der Waals surface area contributed by atoms with Crippen molar-refractivity contribution < 1.29 is 14.0 Å². The molecule has 0 bridgehead atoms. The average molecular weight is 310 g/mol. The Morgan fingerprint density at radius 2 is 1.90 bits per heavy atom. The Kier molecular flexibility index (Phi) is 3.53. The van der Waals surface area contributed by atoms with Crippen molar-refractivity contribution in [3.8, 4) is 22.8 Å². The molecule has 1 N–H and O–H groups in total. The summed E-state index contributed by atoms with van der Waals surface area (Å²) in [6, 6.07) is 8.49. The number of benzene rings is 1. The van der Waals surface area contributed by atoms with Crippen LogP contribution >= 0.6 is 23.2 Å². The molecule has 0 atom stereocenters. The lowest BCUT2D eigenvalue weighted by Gasteiger charge is -2.01. The lowest BCUT2D eigenvalue weighted by atomic mass is 10.1. The van der Waals surface area contributed by atoms with Gasteiger partial charge in [-0.1, -0.05) is 28.4 Å². The SMILES string of the molecule is OCc1c(-c2ccco2)noc1-c1cc(Cl)cc(Cl)c1. The van der Waals surface area contributed by atoms with Crippen molar-refractivity contribution in [2.45, 2.75) is 6.61 Å². The minimum atomic E-state index is -0.237. The van der Waals surface area contributed by atoms with E-state index in [1.807, 2.05) is 0 Å². The van der Waals surface area contributed by atoms with Gasteiger partial charge in [-0.3, -0.25) is 0 Å². The molecule has 0 unspecified atom stereocenters. The second-order valence-electron chi connectivity index (χ2n) is 4.13. The van der Waals surface area contributed by atoms with Gasteiger partial charge in [0.2, 0.25) is 0 Å². The van der Waals surface area contributed by atoms with E-state index in [2.05, 4.69) is 5.16 Å². The van der Waals surface area contributed by atoms with Crippen molar-refractivity contribution in [2.24, 2.45) is 0 Å². The summed E-state index contributed by atoms with van der Waals surface area (Å²) < 4.78 is 10.6. The molecule has 0 saturated heterocycles. The van der Waals surface area contributed by atoms with Crippen LogP contribution in [-0.4, -0.2) is 10.3 Å². The molecule has 0 radical (unpaired) electrons. The Labute approximate surface area is 124 Å². The van der Waals surface area contributed by atoms with E-state index in [1.165, 1.54) is 6.26 Å². The van der Waals surface area contributed by atoms with Gasteiger partial charge in [0.15, 0.2) is 17.2 Å². The number of aromatic nitrogens is 1. The van der Waals surface area contributed by atoms with Gasteiger partial charge in [-0.2, -0.15) is 0 Å². The minimum Gasteiger partial charge on any atom is -0.463 e. The number of halogens is 2. The Morgan fingerprint density at radius 1 is 1.15 bits per heavy atom. The van der Waals surface area contributed by atoms with Crippen molar-refractivity contribution in [3.05, 3.63) is 52.2 Å². The van der Waals surface area contributed by atoms with Gasteiger partial charge in [-0.15, -0.1) is 0 Å². The lowest BCUT2D eigenvalue weighted by molar-refractivity contribution is 0.281. The van der Waals surface area contributed by atoms with Crippen LogP contribution in [0.25, 0.3) is 22.8 Å². The maximum absolute atomic E-state index is 9.58. The summed E-state index contributed by atoms with van der Waals surface area (Å²) in [6.45, 7) is -0.237. The Morgan fingerprint density at radius 3 is 2.50 bits per heavy atom. The lowest BCUT2D eigenvalue weighted by Crippen LogP contribution is -1.88. The minimum absolute atomic E-state index is 0.237. The normalized spacial score (nSPS) is 10.9. The fraction of sp³-hybridized carbons (Fsp3) is 0.0714. The zero-order valence-corrected chi connectivity index (χ0v) is 11.6. The smallest absolute Gasteiger partial charge is 0.173 e. The topological polar surface area (TPSA) is 59.4 Å². The van der Waals surface area contributed by atoms with Crippen LogP contribution in [0, 0.1) is 0 Å². The van der Waals surface area contributed by atoms with E-state index in [0.717, 1.165) is 0 Å². The van der Waals surface area contributed by atoms with Crippen LogP contribution in [0.5, 0.6) is 0 Å². The van der Waals surface area contributed by atoms with Crippen molar-refractivity contribution >= 4 is 23.2 Å². The van der Waals surface area contributed by atoms with Crippen molar-refractivity contribution in [1.29, 1.82) is 0 Å². The molecule has 2 heterocycles. The van der Waals surface area contributed by atoms with E-state index in [9.17, 15) is 5.11 Å². The second kappa shape index (κ2) is 5.32. The molecule has 4 nitrogen and oxygen atoms in total. The van der Waals surface area contributed by atoms with Crippen LogP contribution in [0.15, 0.2) is 45.5 Å². The summed E-state index contributed by atoms with van der Waals surface area (Å²) in [5.41, 5.74) is 1.64. The molecule has 20 heavy (non-hydrogen) atoms. The zero-order chi connectivity index (χ0) is 14.1. The zero-order valence-electron chi connectivity index (χ0n) is 10.1. The third-order valence-corrected chi connectivity index (χ3v) is 3.26. The molecule has 0 aliphatic carbocycles. The predicted molar refractivity (Wildman–Crippen MR) is 75.6 cm³/mol. The monoisotopic (exact) mass is 309 g/mol. The van der Waals surface area contributed by atoms with E-state index in [0.29, 0.717) is 38.4 Å². The summed E-state index contributed by atoms with van der Waals surface area (Å²) in [7, 11) is 0. The van der Waals surface area contributed by atoms with Crippen LogP contribution in [0.1, 0.15) is 5.56 Å². The molecule has 0 amide bonds.